The van der Waals surface area contributed by atoms with Crippen LogP contribution in [0, 0.1) is 0 Å². The molecule has 0 amide bonds. The van der Waals surface area contributed by atoms with Gasteiger partial charge in [-0.3, -0.25) is 0 Å². The minimum atomic E-state index is 0.546. The molecule has 1 saturated heterocycles. The van der Waals surface area contributed by atoms with Crippen molar-refractivity contribution in [2.45, 2.75) is 39.7 Å². The van der Waals surface area contributed by atoms with E-state index in [0.29, 0.717) is 6.10 Å². The smallest absolute Gasteiger partial charge is 0.0547 e. The van der Waals surface area contributed by atoms with Gasteiger partial charge in [0.15, 0.2) is 0 Å². The van der Waals surface area contributed by atoms with Crippen molar-refractivity contribution in [1.82, 2.24) is 0 Å². The highest BCUT2D eigenvalue weighted by atomic mass is 16.5. The summed E-state index contributed by atoms with van der Waals surface area (Å²) in [5, 5.41) is 0. The molecule has 0 aromatic heterocycles. The molecule has 1 heterocycles. The summed E-state index contributed by atoms with van der Waals surface area (Å²) in [5.41, 5.74) is 0. The molecule has 50 valence electrons. The summed E-state index contributed by atoms with van der Waals surface area (Å²) in [5.74, 6) is 0. The normalized spacial score (nSPS) is 26.6. The van der Waals surface area contributed by atoms with E-state index in [4.69, 9.17) is 4.74 Å². The number of hydrogen-bond donors (Lipinski definition) is 0. The van der Waals surface area contributed by atoms with Crippen molar-refractivity contribution >= 4 is 0 Å². The van der Waals surface area contributed by atoms with E-state index in [-0.39, 0.29) is 0 Å². The van der Waals surface area contributed by atoms with Crippen molar-refractivity contribution < 1.29 is 4.74 Å². The van der Waals surface area contributed by atoms with Crippen molar-refractivity contribution in [2.24, 2.45) is 0 Å². The lowest BCUT2D eigenvalue weighted by Crippen LogP contribution is -1.94. The lowest BCUT2D eigenvalue weighted by Gasteiger charge is -1.94. The summed E-state index contributed by atoms with van der Waals surface area (Å²) in [4.78, 5) is 0. The first-order chi connectivity index (χ1) is 3.89. The summed E-state index contributed by atoms with van der Waals surface area (Å²) in [6.45, 7) is 7.11. The average Bonchev–Trinajstić information content (AvgIpc) is 2.24. The van der Waals surface area contributed by atoms with Crippen LogP contribution < -0.4 is 0 Å². The minimum absolute atomic E-state index is 0.546. The molecule has 1 heteroatoms. The zero-order chi connectivity index (χ0) is 6.41. The monoisotopic (exact) mass is 116 g/mol. The molecular weight excluding hydrogens is 100 g/mol. The number of rotatable bonds is 0. The Labute approximate surface area is 52.0 Å². The van der Waals surface area contributed by atoms with Crippen LogP contribution in [0.3, 0.4) is 0 Å². The van der Waals surface area contributed by atoms with Crippen LogP contribution in [0.2, 0.25) is 0 Å². The van der Waals surface area contributed by atoms with Crippen LogP contribution in [0.4, 0.5) is 0 Å². The van der Waals surface area contributed by atoms with Crippen molar-refractivity contribution in [3.05, 3.63) is 0 Å². The zero-order valence-electron chi connectivity index (χ0n) is 6.11. The van der Waals surface area contributed by atoms with Gasteiger partial charge >= 0.3 is 0 Å². The Balaban J connectivity index is 0.000000222. The molecule has 0 bridgehead atoms. The van der Waals surface area contributed by atoms with Crippen LogP contribution in [-0.4, -0.2) is 12.7 Å². The van der Waals surface area contributed by atoms with Crippen molar-refractivity contribution in [2.75, 3.05) is 6.61 Å². The van der Waals surface area contributed by atoms with Crippen LogP contribution in [0.1, 0.15) is 33.6 Å². The second-order valence-corrected chi connectivity index (χ2v) is 1.82. The van der Waals surface area contributed by atoms with E-state index in [1.54, 1.807) is 0 Å². The molecule has 1 aliphatic heterocycles. The van der Waals surface area contributed by atoms with Crippen LogP contribution in [0.25, 0.3) is 0 Å². The van der Waals surface area contributed by atoms with E-state index in [1.807, 2.05) is 13.8 Å². The Bertz CT molecular complexity index is 37.7. The van der Waals surface area contributed by atoms with Crippen LogP contribution in [0.15, 0.2) is 0 Å². The summed E-state index contributed by atoms with van der Waals surface area (Å²) in [7, 11) is 0. The van der Waals surface area contributed by atoms with Gasteiger partial charge in [0.1, 0.15) is 0 Å². The van der Waals surface area contributed by atoms with E-state index >= 15 is 0 Å². The molecule has 1 unspecified atom stereocenters. The van der Waals surface area contributed by atoms with Gasteiger partial charge < -0.3 is 4.74 Å². The molecule has 1 aliphatic rings. The summed E-state index contributed by atoms with van der Waals surface area (Å²) >= 11 is 0. The van der Waals surface area contributed by atoms with Gasteiger partial charge in [0.2, 0.25) is 0 Å². The third-order valence-corrected chi connectivity index (χ3v) is 1.16. The van der Waals surface area contributed by atoms with Gasteiger partial charge in [-0.25, -0.2) is 0 Å². The Hall–Kier alpha value is -0.0400. The second-order valence-electron chi connectivity index (χ2n) is 1.82. The van der Waals surface area contributed by atoms with E-state index in [1.165, 1.54) is 12.8 Å². The second kappa shape index (κ2) is 5.10. The largest absolute Gasteiger partial charge is 0.379 e. The van der Waals surface area contributed by atoms with Crippen molar-refractivity contribution in [3.63, 3.8) is 0 Å². The van der Waals surface area contributed by atoms with Crippen molar-refractivity contribution in [3.8, 4) is 0 Å². The van der Waals surface area contributed by atoms with Gasteiger partial charge in [0.05, 0.1) is 6.10 Å². The molecule has 8 heavy (non-hydrogen) atoms. The van der Waals surface area contributed by atoms with Gasteiger partial charge in [-0.2, -0.15) is 0 Å². The fourth-order valence-corrected chi connectivity index (χ4v) is 0.739. The van der Waals surface area contributed by atoms with Gasteiger partial charge in [-0.05, 0) is 19.8 Å². The number of hydrogen-bond acceptors (Lipinski definition) is 1. The van der Waals surface area contributed by atoms with E-state index in [9.17, 15) is 0 Å². The fraction of sp³-hybridized carbons (Fsp3) is 1.00. The maximum absolute atomic E-state index is 5.15. The molecule has 0 aliphatic carbocycles. The molecule has 0 radical (unpaired) electrons. The van der Waals surface area contributed by atoms with Gasteiger partial charge in [0.25, 0.3) is 0 Å². The van der Waals surface area contributed by atoms with Crippen LogP contribution >= 0.6 is 0 Å². The Kier molecular flexibility index (Phi) is 5.08. The summed E-state index contributed by atoms with van der Waals surface area (Å²) in [6.07, 6.45) is 3.08. The maximum atomic E-state index is 5.15. The van der Waals surface area contributed by atoms with E-state index in [0.717, 1.165) is 6.61 Å². The van der Waals surface area contributed by atoms with Crippen molar-refractivity contribution in [1.29, 1.82) is 0 Å². The molecule has 0 N–H and O–H groups in total. The highest BCUT2D eigenvalue weighted by molar-refractivity contribution is 4.56. The molecule has 1 fully saturated rings. The predicted molar refractivity (Wildman–Crippen MR) is 36.0 cm³/mol. The molecule has 1 rings (SSSR count). The minimum Gasteiger partial charge on any atom is -0.379 e. The lowest BCUT2D eigenvalue weighted by atomic mass is 10.3. The molecule has 1 atom stereocenters. The lowest BCUT2D eigenvalue weighted by molar-refractivity contribution is 0.125. The standard InChI is InChI=1S/C5H10O.C2H6/c1-5-3-2-4-6-5;1-2/h5H,2-4H2,1H3;1-2H3. The highest BCUT2D eigenvalue weighted by Crippen LogP contribution is 2.09. The summed E-state index contributed by atoms with van der Waals surface area (Å²) < 4.78 is 5.15. The highest BCUT2D eigenvalue weighted by Gasteiger charge is 2.07. The quantitative estimate of drug-likeness (QED) is 0.471. The molecule has 0 saturated carbocycles. The Morgan fingerprint density at radius 3 is 2.12 bits per heavy atom. The van der Waals surface area contributed by atoms with Crippen LogP contribution in [-0.2, 0) is 4.74 Å². The Morgan fingerprint density at radius 1 is 1.38 bits per heavy atom. The average molecular weight is 116 g/mol. The molecule has 0 aromatic rings. The molecular formula is C7H16O. The van der Waals surface area contributed by atoms with Gasteiger partial charge in [0, 0.05) is 6.61 Å². The van der Waals surface area contributed by atoms with E-state index < -0.39 is 0 Å². The third-order valence-electron chi connectivity index (χ3n) is 1.16. The predicted octanol–water partition coefficient (Wildman–Crippen LogP) is 2.21. The molecule has 1 nitrogen and oxygen atoms in total. The summed E-state index contributed by atoms with van der Waals surface area (Å²) in [6, 6.07) is 0. The molecule has 0 aromatic carbocycles. The van der Waals surface area contributed by atoms with Crippen LogP contribution in [0.5, 0.6) is 0 Å². The first-order valence-electron chi connectivity index (χ1n) is 3.51. The maximum Gasteiger partial charge on any atom is 0.0547 e. The van der Waals surface area contributed by atoms with Gasteiger partial charge in [-0.1, -0.05) is 13.8 Å². The fourth-order valence-electron chi connectivity index (χ4n) is 0.739. The Morgan fingerprint density at radius 2 is 2.00 bits per heavy atom. The SMILES string of the molecule is CC.CC1CCCO1. The van der Waals surface area contributed by atoms with Gasteiger partial charge in [-0.15, -0.1) is 0 Å². The topological polar surface area (TPSA) is 9.23 Å². The first kappa shape index (κ1) is 7.96. The molecule has 0 spiro atoms. The zero-order valence-corrected chi connectivity index (χ0v) is 6.11. The third kappa shape index (κ3) is 3.03. The number of ether oxygens (including phenoxy) is 1. The first-order valence-corrected chi connectivity index (χ1v) is 3.51. The van der Waals surface area contributed by atoms with E-state index in [2.05, 4.69) is 6.92 Å².